The number of rotatable bonds is 7. The first-order chi connectivity index (χ1) is 10.0. The number of aliphatic hydroxyl groups is 1. The molecule has 1 saturated heterocycles. The minimum atomic E-state index is -3.26. The molecule has 1 aliphatic heterocycles. The Hall–Kier alpha value is -0.950. The zero-order chi connectivity index (χ0) is 15.3. The van der Waals surface area contributed by atoms with Gasteiger partial charge in [-0.15, -0.1) is 0 Å². The molecule has 1 heterocycles. The minimum absolute atomic E-state index is 0.132. The fraction of sp³-hybridized carbons (Fsp3) is 0.600. The Morgan fingerprint density at radius 3 is 2.90 bits per heavy atom. The van der Waals surface area contributed by atoms with Crippen LogP contribution in [-0.4, -0.2) is 50.4 Å². The molecule has 0 bridgehead atoms. The number of benzene rings is 1. The first-order valence-electron chi connectivity index (χ1n) is 7.40. The van der Waals surface area contributed by atoms with Gasteiger partial charge in [0.25, 0.3) is 0 Å². The van der Waals surface area contributed by atoms with Crippen LogP contribution in [0, 0.1) is 5.92 Å². The quantitative estimate of drug-likeness (QED) is 0.771. The van der Waals surface area contributed by atoms with Crippen molar-refractivity contribution in [3.05, 3.63) is 29.8 Å². The third kappa shape index (κ3) is 4.51. The lowest BCUT2D eigenvalue weighted by Crippen LogP contribution is -2.27. The Morgan fingerprint density at radius 1 is 1.38 bits per heavy atom. The highest BCUT2D eigenvalue weighted by molar-refractivity contribution is 7.91. The number of sulfone groups is 1. The van der Waals surface area contributed by atoms with Crippen molar-refractivity contribution in [3.63, 3.8) is 0 Å². The van der Waals surface area contributed by atoms with Gasteiger partial charge in [-0.2, -0.15) is 0 Å². The maximum Gasteiger partial charge on any atom is 0.179 e. The molecule has 0 amide bonds. The van der Waals surface area contributed by atoms with Crippen molar-refractivity contribution in [1.82, 2.24) is 4.90 Å². The first-order valence-corrected chi connectivity index (χ1v) is 9.05. The van der Waals surface area contributed by atoms with Crippen LogP contribution in [0.3, 0.4) is 0 Å². The Kier molecular flexibility index (Phi) is 5.75. The molecule has 1 aliphatic rings. The summed E-state index contributed by atoms with van der Waals surface area (Å²) >= 11 is 0. The number of hydrogen-bond acceptors (Lipinski definition) is 5. The molecule has 0 spiro atoms. The van der Waals surface area contributed by atoms with E-state index >= 15 is 0 Å². The molecule has 1 unspecified atom stereocenters. The van der Waals surface area contributed by atoms with Crippen LogP contribution in [0.25, 0.3) is 0 Å². The van der Waals surface area contributed by atoms with Gasteiger partial charge < -0.3 is 15.7 Å². The zero-order valence-electron chi connectivity index (χ0n) is 12.2. The van der Waals surface area contributed by atoms with E-state index in [1.165, 1.54) is 0 Å². The molecule has 6 heteroatoms. The van der Waals surface area contributed by atoms with Crippen molar-refractivity contribution in [2.45, 2.75) is 24.3 Å². The fourth-order valence-electron chi connectivity index (χ4n) is 2.77. The van der Waals surface area contributed by atoms with Crippen molar-refractivity contribution in [2.75, 3.05) is 32.0 Å². The fourth-order valence-corrected chi connectivity index (χ4v) is 4.12. The molecule has 1 fully saturated rings. The highest BCUT2D eigenvalue weighted by atomic mass is 32.2. The number of nitrogens with two attached hydrogens (primary N) is 1. The SMILES string of the molecule is NCc1cccc(S(=O)(=O)CCN2CCC(CCO)C2)c1. The molecule has 0 radical (unpaired) electrons. The van der Waals surface area contributed by atoms with Crippen molar-refractivity contribution in [1.29, 1.82) is 0 Å². The van der Waals surface area contributed by atoms with E-state index < -0.39 is 9.84 Å². The summed E-state index contributed by atoms with van der Waals surface area (Å²) in [5.74, 6) is 0.630. The summed E-state index contributed by atoms with van der Waals surface area (Å²) < 4.78 is 24.7. The number of aliphatic hydroxyl groups excluding tert-OH is 1. The van der Waals surface area contributed by atoms with Crippen LogP contribution in [0.5, 0.6) is 0 Å². The molecule has 0 aromatic heterocycles. The molecule has 1 aromatic carbocycles. The molecule has 2 rings (SSSR count). The van der Waals surface area contributed by atoms with E-state index in [0.717, 1.165) is 31.5 Å². The van der Waals surface area contributed by atoms with Gasteiger partial charge in [0.15, 0.2) is 9.84 Å². The largest absolute Gasteiger partial charge is 0.396 e. The van der Waals surface area contributed by atoms with E-state index in [0.29, 0.717) is 23.9 Å². The normalized spacial score (nSPS) is 20.0. The molecule has 3 N–H and O–H groups in total. The maximum absolute atomic E-state index is 12.4. The van der Waals surface area contributed by atoms with Crippen molar-refractivity contribution < 1.29 is 13.5 Å². The second kappa shape index (κ2) is 7.35. The molecular formula is C15H24N2O3S. The number of hydrogen-bond donors (Lipinski definition) is 2. The van der Waals surface area contributed by atoms with Crippen LogP contribution in [0.1, 0.15) is 18.4 Å². The van der Waals surface area contributed by atoms with Gasteiger partial charge in [-0.25, -0.2) is 8.42 Å². The predicted molar refractivity (Wildman–Crippen MR) is 82.6 cm³/mol. The molecule has 5 nitrogen and oxygen atoms in total. The molecule has 0 saturated carbocycles. The van der Waals surface area contributed by atoms with Crippen LogP contribution in [0.4, 0.5) is 0 Å². The Labute approximate surface area is 126 Å². The lowest BCUT2D eigenvalue weighted by atomic mass is 10.1. The summed E-state index contributed by atoms with van der Waals surface area (Å²) in [6.45, 7) is 2.92. The summed E-state index contributed by atoms with van der Waals surface area (Å²) in [4.78, 5) is 2.53. The summed E-state index contributed by atoms with van der Waals surface area (Å²) in [5.41, 5.74) is 6.39. The molecule has 21 heavy (non-hydrogen) atoms. The second-order valence-electron chi connectivity index (χ2n) is 5.64. The minimum Gasteiger partial charge on any atom is -0.396 e. The van der Waals surface area contributed by atoms with E-state index in [-0.39, 0.29) is 12.4 Å². The maximum atomic E-state index is 12.4. The first kappa shape index (κ1) is 16.4. The van der Waals surface area contributed by atoms with Gasteiger partial charge in [0.05, 0.1) is 10.6 Å². The van der Waals surface area contributed by atoms with Gasteiger partial charge in [-0.3, -0.25) is 0 Å². The molecular weight excluding hydrogens is 288 g/mol. The lowest BCUT2D eigenvalue weighted by Gasteiger charge is -2.16. The average Bonchev–Trinajstić information content (AvgIpc) is 2.93. The zero-order valence-corrected chi connectivity index (χ0v) is 13.1. The van der Waals surface area contributed by atoms with Crippen molar-refractivity contribution in [2.24, 2.45) is 11.7 Å². The van der Waals surface area contributed by atoms with E-state index in [4.69, 9.17) is 10.8 Å². The highest BCUT2D eigenvalue weighted by Crippen LogP contribution is 2.20. The molecule has 0 aliphatic carbocycles. The van der Waals surface area contributed by atoms with E-state index in [2.05, 4.69) is 4.90 Å². The Morgan fingerprint density at radius 2 is 2.19 bits per heavy atom. The van der Waals surface area contributed by atoms with Gasteiger partial charge in [-0.05, 0) is 43.0 Å². The Bertz CT molecular complexity index is 560. The number of nitrogens with zero attached hydrogens (tertiary/aromatic N) is 1. The summed E-state index contributed by atoms with van der Waals surface area (Å²) in [5, 5.41) is 8.95. The average molecular weight is 312 g/mol. The third-order valence-electron chi connectivity index (χ3n) is 4.08. The van der Waals surface area contributed by atoms with E-state index in [9.17, 15) is 8.42 Å². The van der Waals surface area contributed by atoms with Crippen LogP contribution < -0.4 is 5.73 Å². The Balaban J connectivity index is 1.92. The van der Waals surface area contributed by atoms with Gasteiger partial charge in [0.1, 0.15) is 0 Å². The van der Waals surface area contributed by atoms with Gasteiger partial charge in [0.2, 0.25) is 0 Å². The van der Waals surface area contributed by atoms with E-state index in [1.54, 1.807) is 18.2 Å². The summed E-state index contributed by atoms with van der Waals surface area (Å²) in [7, 11) is -3.26. The van der Waals surface area contributed by atoms with Crippen molar-refractivity contribution >= 4 is 9.84 Å². The van der Waals surface area contributed by atoms with Crippen LogP contribution in [0.15, 0.2) is 29.2 Å². The topological polar surface area (TPSA) is 83.6 Å². The molecule has 1 atom stereocenters. The standard InChI is InChI=1S/C15H24N2O3S/c16-11-14-2-1-3-15(10-14)21(19,20)9-7-17-6-4-13(12-17)5-8-18/h1-3,10,13,18H,4-9,11-12,16H2. The predicted octanol–water partition coefficient (Wildman–Crippen LogP) is 0.623. The van der Waals surface area contributed by atoms with Crippen LogP contribution >= 0.6 is 0 Å². The van der Waals surface area contributed by atoms with Crippen LogP contribution in [0.2, 0.25) is 0 Å². The molecule has 1 aromatic rings. The monoisotopic (exact) mass is 312 g/mol. The lowest BCUT2D eigenvalue weighted by molar-refractivity contribution is 0.253. The van der Waals surface area contributed by atoms with E-state index in [1.807, 2.05) is 6.07 Å². The van der Waals surface area contributed by atoms with Crippen molar-refractivity contribution in [3.8, 4) is 0 Å². The molecule has 118 valence electrons. The van der Waals surface area contributed by atoms with Gasteiger partial charge in [0, 0.05) is 26.2 Å². The third-order valence-corrected chi connectivity index (χ3v) is 5.77. The number of likely N-dealkylation sites (tertiary alicyclic amines) is 1. The second-order valence-corrected chi connectivity index (χ2v) is 7.75. The van der Waals surface area contributed by atoms with Crippen LogP contribution in [-0.2, 0) is 16.4 Å². The summed E-state index contributed by atoms with van der Waals surface area (Å²) in [6, 6.07) is 6.86. The van der Waals surface area contributed by atoms with Gasteiger partial charge >= 0.3 is 0 Å². The highest BCUT2D eigenvalue weighted by Gasteiger charge is 2.24. The summed E-state index contributed by atoms with van der Waals surface area (Å²) in [6.07, 6.45) is 1.85. The van der Waals surface area contributed by atoms with Gasteiger partial charge in [-0.1, -0.05) is 12.1 Å². The smallest absolute Gasteiger partial charge is 0.179 e.